The fraction of sp³-hybridized carbons (Fsp3) is 0.462. The van der Waals surface area contributed by atoms with Crippen LogP contribution in [0.2, 0.25) is 0 Å². The largest absolute Gasteiger partial charge is 0.508 e. The lowest BCUT2D eigenvalue weighted by atomic mass is 9.89. The quantitative estimate of drug-likeness (QED) is 0.736. The van der Waals surface area contributed by atoms with Crippen LogP contribution in [0.3, 0.4) is 0 Å². The van der Waals surface area contributed by atoms with Crippen molar-refractivity contribution in [3.8, 4) is 5.75 Å². The molecule has 1 heterocycles. The van der Waals surface area contributed by atoms with Gasteiger partial charge in [0, 0.05) is 18.9 Å². The van der Waals surface area contributed by atoms with Crippen LogP contribution in [0.25, 0.3) is 0 Å². The lowest BCUT2D eigenvalue weighted by Crippen LogP contribution is -2.52. The monoisotopic (exact) mass is 423 g/mol. The first kappa shape index (κ1) is 22.9. The van der Waals surface area contributed by atoms with Crippen molar-refractivity contribution in [3.63, 3.8) is 0 Å². The normalized spacial score (nSPS) is 17.1. The van der Waals surface area contributed by atoms with Gasteiger partial charge in [-0.2, -0.15) is 0 Å². The topological polar surface area (TPSA) is 66.8 Å². The number of ether oxygens (including phenoxy) is 1. The molecule has 0 saturated heterocycles. The molecule has 1 aliphatic heterocycles. The lowest BCUT2D eigenvalue weighted by molar-refractivity contribution is -0.166. The average Bonchev–Trinajstić information content (AvgIpc) is 2.67. The van der Waals surface area contributed by atoms with Crippen molar-refractivity contribution >= 4 is 11.9 Å². The van der Waals surface area contributed by atoms with Gasteiger partial charge in [-0.1, -0.05) is 31.2 Å². The maximum absolute atomic E-state index is 13.6. The van der Waals surface area contributed by atoms with E-state index in [9.17, 15) is 14.7 Å². The molecule has 0 saturated carbocycles. The summed E-state index contributed by atoms with van der Waals surface area (Å²) in [6, 6.07) is 10.8. The van der Waals surface area contributed by atoms with Gasteiger partial charge in [0.05, 0.1) is 0 Å². The van der Waals surface area contributed by atoms with Crippen molar-refractivity contribution in [3.05, 3.63) is 64.2 Å². The highest BCUT2D eigenvalue weighted by atomic mass is 16.6. The maximum atomic E-state index is 13.6. The van der Waals surface area contributed by atoms with E-state index in [1.54, 1.807) is 17.0 Å². The third kappa shape index (κ3) is 5.27. The van der Waals surface area contributed by atoms with Gasteiger partial charge in [0.2, 0.25) is 5.91 Å². The minimum atomic E-state index is -0.633. The number of phenols is 1. The third-order valence-electron chi connectivity index (χ3n) is 5.82. The van der Waals surface area contributed by atoms with Crippen LogP contribution in [-0.4, -0.2) is 33.5 Å². The number of amides is 1. The zero-order valence-corrected chi connectivity index (χ0v) is 19.4. The molecule has 1 amide bonds. The van der Waals surface area contributed by atoms with Crippen LogP contribution in [-0.2, 0) is 33.7 Å². The molecular formula is C26H33NO4. The van der Waals surface area contributed by atoms with Crippen LogP contribution in [0, 0.1) is 19.8 Å². The van der Waals surface area contributed by atoms with E-state index in [4.69, 9.17) is 4.74 Å². The molecule has 0 spiro atoms. The van der Waals surface area contributed by atoms with Crippen LogP contribution in [0.4, 0.5) is 0 Å². The number of fused-ring (bicyclic) bond motifs is 1. The van der Waals surface area contributed by atoms with Crippen molar-refractivity contribution in [1.82, 2.24) is 4.90 Å². The molecule has 1 aliphatic rings. The van der Waals surface area contributed by atoms with E-state index >= 15 is 0 Å². The molecule has 5 nitrogen and oxygen atoms in total. The minimum absolute atomic E-state index is 0.0581. The summed E-state index contributed by atoms with van der Waals surface area (Å²) in [7, 11) is 0. The summed E-state index contributed by atoms with van der Waals surface area (Å²) in [5.74, 6) is -0.496. The molecule has 0 aliphatic carbocycles. The molecule has 0 fully saturated rings. The zero-order chi connectivity index (χ0) is 22.9. The lowest BCUT2D eigenvalue weighted by Gasteiger charge is -2.38. The number of aryl methyl sites for hydroxylation is 2. The molecule has 5 heteroatoms. The Kier molecular flexibility index (Phi) is 6.44. The van der Waals surface area contributed by atoms with E-state index in [1.165, 1.54) is 0 Å². The number of carbonyl (C=O) groups excluding carboxylic acids is 2. The van der Waals surface area contributed by atoms with Gasteiger partial charge in [-0.3, -0.25) is 4.79 Å². The summed E-state index contributed by atoms with van der Waals surface area (Å²) in [5.41, 5.74) is 4.52. The maximum Gasteiger partial charge on any atom is 0.329 e. The van der Waals surface area contributed by atoms with E-state index in [2.05, 4.69) is 0 Å². The summed E-state index contributed by atoms with van der Waals surface area (Å²) in [6.45, 7) is 11.7. The smallest absolute Gasteiger partial charge is 0.329 e. The van der Waals surface area contributed by atoms with Crippen molar-refractivity contribution < 1.29 is 19.4 Å². The summed E-state index contributed by atoms with van der Waals surface area (Å²) in [6.07, 6.45) is 1.01. The molecule has 0 bridgehead atoms. The number of esters is 1. The van der Waals surface area contributed by atoms with Gasteiger partial charge in [-0.25, -0.2) is 4.79 Å². The van der Waals surface area contributed by atoms with Crippen LogP contribution in [0.5, 0.6) is 5.75 Å². The first-order chi connectivity index (χ1) is 14.5. The Labute approximate surface area is 185 Å². The molecule has 3 rings (SSSR count). The summed E-state index contributed by atoms with van der Waals surface area (Å²) >= 11 is 0. The Morgan fingerprint density at radius 1 is 1.13 bits per heavy atom. The summed E-state index contributed by atoms with van der Waals surface area (Å²) in [5, 5.41) is 9.82. The number of rotatable bonds is 4. The standard InChI is InChI=1S/C26H33NO4/c1-16-11-21(28)12-17(2)22(16)13-18(3)24(29)27-15-20-10-8-7-9-19(20)14-23(27)25(30)31-26(4,5)6/h7-12,18,23,28H,13-15H2,1-6H3. The van der Waals surface area contributed by atoms with E-state index < -0.39 is 11.6 Å². The van der Waals surface area contributed by atoms with Gasteiger partial charge in [0.1, 0.15) is 17.4 Å². The number of aromatic hydroxyl groups is 1. The van der Waals surface area contributed by atoms with Gasteiger partial charge in [0.25, 0.3) is 0 Å². The highest BCUT2D eigenvalue weighted by Crippen LogP contribution is 2.29. The van der Waals surface area contributed by atoms with Crippen LogP contribution < -0.4 is 0 Å². The van der Waals surface area contributed by atoms with Crippen molar-refractivity contribution in [2.75, 3.05) is 0 Å². The Bertz CT molecular complexity index is 966. The molecule has 2 unspecified atom stereocenters. The molecular weight excluding hydrogens is 390 g/mol. The SMILES string of the molecule is Cc1cc(O)cc(C)c1CC(C)C(=O)N1Cc2ccccc2CC1C(=O)OC(C)(C)C. The van der Waals surface area contributed by atoms with E-state index in [-0.39, 0.29) is 23.5 Å². The third-order valence-corrected chi connectivity index (χ3v) is 5.82. The Morgan fingerprint density at radius 3 is 2.29 bits per heavy atom. The molecule has 2 atom stereocenters. The number of phenolic OH excluding ortho intramolecular Hbond substituents is 1. The molecule has 0 aromatic heterocycles. The Hall–Kier alpha value is -2.82. The molecule has 2 aromatic rings. The van der Waals surface area contributed by atoms with Crippen LogP contribution in [0.15, 0.2) is 36.4 Å². The summed E-state index contributed by atoms with van der Waals surface area (Å²) in [4.78, 5) is 28.3. The second-order valence-corrected chi connectivity index (χ2v) is 9.65. The van der Waals surface area contributed by atoms with E-state index in [0.717, 1.165) is 27.8 Å². The fourth-order valence-corrected chi connectivity index (χ4v) is 4.30. The van der Waals surface area contributed by atoms with Gasteiger partial charge in [-0.05, 0) is 81.0 Å². The second-order valence-electron chi connectivity index (χ2n) is 9.65. The number of hydrogen-bond acceptors (Lipinski definition) is 4. The van der Waals surface area contributed by atoms with E-state index in [1.807, 2.05) is 65.8 Å². The minimum Gasteiger partial charge on any atom is -0.508 e. The molecule has 1 N–H and O–H groups in total. The number of hydrogen-bond donors (Lipinski definition) is 1. The molecule has 0 radical (unpaired) electrons. The van der Waals surface area contributed by atoms with Crippen LogP contribution in [0.1, 0.15) is 55.5 Å². The number of benzene rings is 2. The van der Waals surface area contributed by atoms with Crippen LogP contribution >= 0.6 is 0 Å². The van der Waals surface area contributed by atoms with Crippen molar-refractivity contribution in [1.29, 1.82) is 0 Å². The van der Waals surface area contributed by atoms with Gasteiger partial charge < -0.3 is 14.7 Å². The fourth-order valence-electron chi connectivity index (χ4n) is 4.30. The highest BCUT2D eigenvalue weighted by Gasteiger charge is 2.38. The molecule has 31 heavy (non-hydrogen) atoms. The zero-order valence-electron chi connectivity index (χ0n) is 19.4. The average molecular weight is 424 g/mol. The summed E-state index contributed by atoms with van der Waals surface area (Å²) < 4.78 is 5.66. The number of carbonyl (C=O) groups is 2. The predicted octanol–water partition coefficient (Wildman–Crippen LogP) is 4.48. The van der Waals surface area contributed by atoms with Gasteiger partial charge in [-0.15, -0.1) is 0 Å². The van der Waals surface area contributed by atoms with Gasteiger partial charge in [0.15, 0.2) is 0 Å². The van der Waals surface area contributed by atoms with Crippen molar-refractivity contribution in [2.24, 2.45) is 5.92 Å². The second kappa shape index (κ2) is 8.74. The first-order valence-electron chi connectivity index (χ1n) is 10.9. The predicted molar refractivity (Wildman–Crippen MR) is 121 cm³/mol. The Morgan fingerprint density at radius 2 is 1.71 bits per heavy atom. The van der Waals surface area contributed by atoms with Crippen molar-refractivity contribution in [2.45, 2.75) is 72.6 Å². The number of nitrogens with zero attached hydrogens (tertiary/aromatic N) is 1. The molecule has 166 valence electrons. The van der Waals surface area contributed by atoms with E-state index in [0.29, 0.717) is 19.4 Å². The van der Waals surface area contributed by atoms with Gasteiger partial charge >= 0.3 is 5.97 Å². The first-order valence-corrected chi connectivity index (χ1v) is 10.9. The molecule has 2 aromatic carbocycles. The highest BCUT2D eigenvalue weighted by molar-refractivity contribution is 5.87. The Balaban J connectivity index is 1.87.